The van der Waals surface area contributed by atoms with Gasteiger partial charge < -0.3 is 5.21 Å². The second kappa shape index (κ2) is 4.48. The number of nitro benzene ring substituents is 1. The molecule has 86 valence electrons. The van der Waals surface area contributed by atoms with Crippen molar-refractivity contribution in [2.24, 2.45) is 4.99 Å². The summed E-state index contributed by atoms with van der Waals surface area (Å²) in [5.41, 5.74) is 0.889. The fourth-order valence-electron chi connectivity index (χ4n) is 1.30. The molecule has 0 saturated carbocycles. The summed E-state index contributed by atoms with van der Waals surface area (Å²) in [6.45, 7) is 0. The van der Waals surface area contributed by atoms with Gasteiger partial charge in [0.1, 0.15) is 0 Å². The zero-order valence-corrected chi connectivity index (χ0v) is 8.72. The molecule has 0 saturated heterocycles. The highest BCUT2D eigenvalue weighted by atomic mass is 16.6. The number of hydrogen-bond acceptors (Lipinski definition) is 4. The maximum atomic E-state index is 10.5. The maximum absolute atomic E-state index is 10.5. The molecular formula is C11H9N3O3. The first kappa shape index (κ1) is 10.9. The van der Waals surface area contributed by atoms with Gasteiger partial charge in [0.2, 0.25) is 0 Å². The zero-order valence-electron chi connectivity index (χ0n) is 8.72. The third kappa shape index (κ3) is 2.49. The summed E-state index contributed by atoms with van der Waals surface area (Å²) < 4.78 is 0.876. The van der Waals surface area contributed by atoms with E-state index in [0.29, 0.717) is 11.2 Å². The number of pyridine rings is 1. The lowest BCUT2D eigenvalue weighted by atomic mass is 10.3. The predicted octanol–water partition coefficient (Wildman–Crippen LogP) is 1.87. The van der Waals surface area contributed by atoms with Crippen LogP contribution in [0.5, 0.6) is 0 Å². The molecule has 6 nitrogen and oxygen atoms in total. The van der Waals surface area contributed by atoms with Crippen LogP contribution in [0.2, 0.25) is 0 Å². The van der Waals surface area contributed by atoms with Gasteiger partial charge in [0.05, 0.1) is 10.6 Å². The number of aromatic nitrogens is 1. The Kier molecular flexibility index (Phi) is 2.87. The third-order valence-electron chi connectivity index (χ3n) is 2.12. The molecule has 0 aliphatic carbocycles. The number of benzene rings is 1. The SMILES string of the molecule is O=[N+]([O-])c1ccc(N=c2ccccn2O)cc1. The van der Waals surface area contributed by atoms with Crippen LogP contribution in [-0.2, 0) is 0 Å². The number of rotatable bonds is 2. The summed E-state index contributed by atoms with van der Waals surface area (Å²) in [5.74, 6) is 0. The van der Waals surface area contributed by atoms with Crippen molar-refractivity contribution in [1.82, 2.24) is 4.73 Å². The Morgan fingerprint density at radius 3 is 2.47 bits per heavy atom. The van der Waals surface area contributed by atoms with Crippen molar-refractivity contribution in [3.63, 3.8) is 0 Å². The molecule has 0 amide bonds. The Morgan fingerprint density at radius 1 is 1.18 bits per heavy atom. The van der Waals surface area contributed by atoms with Crippen molar-refractivity contribution in [1.29, 1.82) is 0 Å². The fraction of sp³-hybridized carbons (Fsp3) is 0. The number of nitro groups is 1. The molecule has 0 fully saturated rings. The van der Waals surface area contributed by atoms with Crippen LogP contribution in [0.15, 0.2) is 53.7 Å². The number of nitrogens with zero attached hydrogens (tertiary/aromatic N) is 3. The molecule has 1 N–H and O–H groups in total. The van der Waals surface area contributed by atoms with E-state index in [9.17, 15) is 15.3 Å². The molecule has 0 aliphatic heterocycles. The van der Waals surface area contributed by atoms with Crippen LogP contribution in [0.25, 0.3) is 0 Å². The monoisotopic (exact) mass is 231 g/mol. The average molecular weight is 231 g/mol. The van der Waals surface area contributed by atoms with E-state index in [1.165, 1.54) is 30.5 Å². The summed E-state index contributed by atoms with van der Waals surface area (Å²) in [6, 6.07) is 10.8. The van der Waals surface area contributed by atoms with Gasteiger partial charge >= 0.3 is 0 Å². The minimum Gasteiger partial charge on any atom is -0.427 e. The van der Waals surface area contributed by atoms with Crippen LogP contribution >= 0.6 is 0 Å². The third-order valence-corrected chi connectivity index (χ3v) is 2.12. The van der Waals surface area contributed by atoms with Crippen LogP contribution in [0.1, 0.15) is 0 Å². The molecule has 17 heavy (non-hydrogen) atoms. The van der Waals surface area contributed by atoms with Gasteiger partial charge in [-0.3, -0.25) is 10.1 Å². The Labute approximate surface area is 96.2 Å². The quantitative estimate of drug-likeness (QED) is 0.486. The molecule has 2 rings (SSSR count). The molecule has 0 unspecified atom stereocenters. The smallest absolute Gasteiger partial charge is 0.269 e. The van der Waals surface area contributed by atoms with Crippen LogP contribution in [0.3, 0.4) is 0 Å². The van der Waals surface area contributed by atoms with Crippen molar-refractivity contribution in [3.05, 3.63) is 64.3 Å². The minimum absolute atomic E-state index is 0.00823. The van der Waals surface area contributed by atoms with Crippen molar-refractivity contribution >= 4 is 11.4 Å². The standard InChI is InChI=1S/C11H9N3O3/c15-13-8-2-1-3-11(13)12-9-4-6-10(7-5-9)14(16)17/h1-8,15H. The second-order valence-corrected chi connectivity index (χ2v) is 3.29. The van der Waals surface area contributed by atoms with E-state index >= 15 is 0 Å². The van der Waals surface area contributed by atoms with Crippen molar-refractivity contribution in [2.75, 3.05) is 0 Å². The van der Waals surface area contributed by atoms with Crippen molar-refractivity contribution < 1.29 is 10.1 Å². The van der Waals surface area contributed by atoms with E-state index < -0.39 is 4.92 Å². The highest BCUT2D eigenvalue weighted by molar-refractivity contribution is 5.44. The molecule has 0 atom stereocenters. The largest absolute Gasteiger partial charge is 0.427 e. The molecule has 2 aromatic rings. The van der Waals surface area contributed by atoms with Gasteiger partial charge in [-0.15, -0.1) is 0 Å². The molecule has 1 aromatic heterocycles. The Bertz CT molecular complexity index is 602. The second-order valence-electron chi connectivity index (χ2n) is 3.29. The fourth-order valence-corrected chi connectivity index (χ4v) is 1.30. The molecule has 0 spiro atoms. The topological polar surface area (TPSA) is 80.7 Å². The molecular weight excluding hydrogens is 222 g/mol. The molecule has 1 heterocycles. The van der Waals surface area contributed by atoms with Gasteiger partial charge in [-0.05, 0) is 24.3 Å². The molecule has 1 aromatic carbocycles. The minimum atomic E-state index is -0.474. The van der Waals surface area contributed by atoms with Gasteiger partial charge in [0.15, 0.2) is 5.49 Å². The van der Waals surface area contributed by atoms with Gasteiger partial charge in [-0.1, -0.05) is 6.07 Å². The van der Waals surface area contributed by atoms with Crippen molar-refractivity contribution in [3.8, 4) is 0 Å². The van der Waals surface area contributed by atoms with Gasteiger partial charge in [0, 0.05) is 18.3 Å². The lowest BCUT2D eigenvalue weighted by molar-refractivity contribution is -0.384. The van der Waals surface area contributed by atoms with E-state index in [1.54, 1.807) is 18.2 Å². The summed E-state index contributed by atoms with van der Waals surface area (Å²) in [7, 11) is 0. The van der Waals surface area contributed by atoms with Crippen LogP contribution < -0.4 is 5.49 Å². The van der Waals surface area contributed by atoms with Crippen molar-refractivity contribution in [2.45, 2.75) is 0 Å². The summed E-state index contributed by atoms with van der Waals surface area (Å²) in [5, 5.41) is 19.9. The van der Waals surface area contributed by atoms with Crippen LogP contribution in [0, 0.1) is 10.1 Å². The lowest BCUT2D eigenvalue weighted by Crippen LogP contribution is -2.16. The summed E-state index contributed by atoms with van der Waals surface area (Å²) >= 11 is 0. The van der Waals surface area contributed by atoms with E-state index in [1.807, 2.05) is 0 Å². The summed E-state index contributed by atoms with van der Waals surface area (Å²) in [4.78, 5) is 14.1. The predicted molar refractivity (Wildman–Crippen MR) is 59.9 cm³/mol. The highest BCUT2D eigenvalue weighted by Gasteiger charge is 2.02. The van der Waals surface area contributed by atoms with E-state index in [4.69, 9.17) is 0 Å². The Morgan fingerprint density at radius 2 is 1.88 bits per heavy atom. The number of hydrogen-bond donors (Lipinski definition) is 1. The van der Waals surface area contributed by atoms with Gasteiger partial charge in [-0.25, -0.2) is 4.99 Å². The Hall–Kier alpha value is -2.63. The summed E-state index contributed by atoms with van der Waals surface area (Å²) in [6.07, 6.45) is 1.45. The normalized spacial score (nSPS) is 11.4. The van der Waals surface area contributed by atoms with Crippen LogP contribution in [0.4, 0.5) is 11.4 Å². The lowest BCUT2D eigenvalue weighted by Gasteiger charge is -1.97. The zero-order chi connectivity index (χ0) is 12.3. The highest BCUT2D eigenvalue weighted by Crippen LogP contribution is 2.16. The first-order valence-corrected chi connectivity index (χ1v) is 4.83. The van der Waals surface area contributed by atoms with E-state index in [2.05, 4.69) is 4.99 Å². The first-order valence-electron chi connectivity index (χ1n) is 4.83. The molecule has 0 bridgehead atoms. The van der Waals surface area contributed by atoms with Gasteiger partial charge in [0.25, 0.3) is 5.69 Å². The van der Waals surface area contributed by atoms with E-state index in [0.717, 1.165) is 4.73 Å². The Balaban J connectivity index is 2.40. The van der Waals surface area contributed by atoms with E-state index in [-0.39, 0.29) is 5.69 Å². The van der Waals surface area contributed by atoms with Gasteiger partial charge in [-0.2, -0.15) is 4.73 Å². The maximum Gasteiger partial charge on any atom is 0.269 e. The van der Waals surface area contributed by atoms with Crippen LogP contribution in [-0.4, -0.2) is 14.9 Å². The molecule has 0 radical (unpaired) electrons. The first-order chi connectivity index (χ1) is 8.16. The molecule has 0 aliphatic rings. The number of non-ortho nitro benzene ring substituents is 1. The molecule has 6 heteroatoms. The average Bonchev–Trinajstić information content (AvgIpc) is 2.33.